The molecule has 0 atom stereocenters. The third-order valence-corrected chi connectivity index (χ3v) is 5.70. The van der Waals surface area contributed by atoms with E-state index in [0.717, 1.165) is 16.7 Å². The van der Waals surface area contributed by atoms with Gasteiger partial charge in [-0.2, -0.15) is 0 Å². The number of carbonyl (C=O) groups excluding carboxylic acids is 4. The highest BCUT2D eigenvalue weighted by atomic mass is 79.9. The molecule has 30 heavy (non-hydrogen) atoms. The summed E-state index contributed by atoms with van der Waals surface area (Å²) in [5.74, 6) is -1.53. The number of rotatable bonds is 5. The number of ether oxygens (including phenoxy) is 2. The summed E-state index contributed by atoms with van der Waals surface area (Å²) < 4.78 is 10.3. The van der Waals surface area contributed by atoms with E-state index in [1.807, 2.05) is 0 Å². The molecule has 0 unspecified atom stereocenters. The highest BCUT2D eigenvalue weighted by Crippen LogP contribution is 2.34. The van der Waals surface area contributed by atoms with Crippen LogP contribution in [-0.2, 0) is 14.3 Å². The topological polar surface area (TPSA) is 90.0 Å². The van der Waals surface area contributed by atoms with Crippen molar-refractivity contribution in [2.24, 2.45) is 0 Å². The van der Waals surface area contributed by atoms with Crippen LogP contribution in [0.3, 0.4) is 0 Å². The van der Waals surface area contributed by atoms with Crippen LogP contribution in [0.5, 0.6) is 5.75 Å². The SMILES string of the molecule is COC(=O)CN1C(=O)S/C(=C\c2ccc(OC(=O)c3ccc(Cl)cc3)c(Br)c2)C1=O. The predicted molar refractivity (Wildman–Crippen MR) is 115 cm³/mol. The van der Waals surface area contributed by atoms with E-state index in [0.29, 0.717) is 20.6 Å². The first-order chi connectivity index (χ1) is 14.3. The Morgan fingerprint density at radius 2 is 1.87 bits per heavy atom. The lowest BCUT2D eigenvalue weighted by Gasteiger charge is -2.10. The molecule has 3 rings (SSSR count). The molecule has 1 saturated heterocycles. The molecular formula is C20H13BrClNO6S. The molecule has 7 nitrogen and oxygen atoms in total. The monoisotopic (exact) mass is 509 g/mol. The van der Waals surface area contributed by atoms with E-state index >= 15 is 0 Å². The second kappa shape index (κ2) is 9.46. The third-order valence-electron chi connectivity index (χ3n) is 3.92. The van der Waals surface area contributed by atoms with Gasteiger partial charge in [0.15, 0.2) is 0 Å². The van der Waals surface area contributed by atoms with Crippen molar-refractivity contribution in [2.45, 2.75) is 0 Å². The zero-order valence-corrected chi connectivity index (χ0v) is 18.5. The third kappa shape index (κ3) is 5.10. The Kier molecular flexibility index (Phi) is 6.96. The summed E-state index contributed by atoms with van der Waals surface area (Å²) in [7, 11) is 1.18. The van der Waals surface area contributed by atoms with E-state index in [1.54, 1.807) is 42.5 Å². The van der Waals surface area contributed by atoms with Gasteiger partial charge < -0.3 is 9.47 Å². The molecule has 0 bridgehead atoms. The smallest absolute Gasteiger partial charge is 0.343 e. The van der Waals surface area contributed by atoms with Crippen molar-refractivity contribution in [1.82, 2.24) is 4.90 Å². The second-order valence-corrected chi connectivity index (χ2v) is 8.21. The lowest BCUT2D eigenvalue weighted by Crippen LogP contribution is -2.34. The fourth-order valence-corrected chi connectivity index (χ4v) is 3.86. The van der Waals surface area contributed by atoms with Crippen LogP contribution in [0.15, 0.2) is 51.8 Å². The van der Waals surface area contributed by atoms with Crippen LogP contribution >= 0.6 is 39.3 Å². The van der Waals surface area contributed by atoms with Gasteiger partial charge in [-0.25, -0.2) is 4.79 Å². The molecule has 1 aliphatic heterocycles. The van der Waals surface area contributed by atoms with Gasteiger partial charge in [-0.1, -0.05) is 17.7 Å². The number of carbonyl (C=O) groups is 4. The van der Waals surface area contributed by atoms with Crippen LogP contribution in [0.1, 0.15) is 15.9 Å². The normalized spacial score (nSPS) is 14.9. The van der Waals surface area contributed by atoms with E-state index < -0.39 is 29.6 Å². The van der Waals surface area contributed by atoms with Crippen LogP contribution in [0.4, 0.5) is 4.79 Å². The number of amides is 2. The molecule has 1 heterocycles. The summed E-state index contributed by atoms with van der Waals surface area (Å²) in [4.78, 5) is 48.9. The summed E-state index contributed by atoms with van der Waals surface area (Å²) in [6, 6.07) is 11.1. The van der Waals surface area contributed by atoms with Gasteiger partial charge in [0.05, 0.1) is 22.1 Å². The van der Waals surface area contributed by atoms with Crippen LogP contribution in [0.2, 0.25) is 5.02 Å². The molecule has 1 fully saturated rings. The minimum Gasteiger partial charge on any atom is -0.468 e. The van der Waals surface area contributed by atoms with Crippen molar-refractivity contribution >= 4 is 68.5 Å². The molecule has 0 aromatic heterocycles. The molecule has 154 valence electrons. The average Bonchev–Trinajstić information content (AvgIpc) is 2.97. The Bertz CT molecular complexity index is 1070. The number of imide groups is 1. The van der Waals surface area contributed by atoms with Crippen LogP contribution in [0.25, 0.3) is 6.08 Å². The van der Waals surface area contributed by atoms with Crippen molar-refractivity contribution in [3.8, 4) is 5.75 Å². The lowest BCUT2D eigenvalue weighted by molar-refractivity contribution is -0.143. The zero-order chi connectivity index (χ0) is 21.8. The van der Waals surface area contributed by atoms with Gasteiger partial charge in [0.1, 0.15) is 12.3 Å². The van der Waals surface area contributed by atoms with Crippen molar-refractivity contribution in [3.63, 3.8) is 0 Å². The van der Waals surface area contributed by atoms with Gasteiger partial charge in [-0.05, 0) is 75.7 Å². The summed E-state index contributed by atoms with van der Waals surface area (Å²) in [5.41, 5.74) is 0.936. The minimum atomic E-state index is -0.687. The molecule has 10 heteroatoms. The van der Waals surface area contributed by atoms with Gasteiger partial charge in [-0.15, -0.1) is 0 Å². The first-order valence-electron chi connectivity index (χ1n) is 8.38. The van der Waals surface area contributed by atoms with E-state index in [1.165, 1.54) is 13.2 Å². The number of esters is 2. The van der Waals surface area contributed by atoms with Crippen LogP contribution in [0, 0.1) is 0 Å². The average molecular weight is 511 g/mol. The number of thioether (sulfide) groups is 1. The first kappa shape index (κ1) is 22.1. The maximum atomic E-state index is 12.4. The van der Waals surface area contributed by atoms with Crippen molar-refractivity contribution in [1.29, 1.82) is 0 Å². The molecule has 0 spiro atoms. The van der Waals surface area contributed by atoms with Gasteiger partial charge >= 0.3 is 11.9 Å². The Hall–Kier alpha value is -2.62. The van der Waals surface area contributed by atoms with Gasteiger partial charge in [0.2, 0.25) is 0 Å². The summed E-state index contributed by atoms with van der Waals surface area (Å²) in [6.45, 7) is -0.443. The quantitative estimate of drug-likeness (QED) is 0.332. The molecular weight excluding hydrogens is 498 g/mol. The largest absolute Gasteiger partial charge is 0.468 e. The van der Waals surface area contributed by atoms with E-state index in [4.69, 9.17) is 16.3 Å². The molecule has 2 aromatic carbocycles. The molecule has 2 amide bonds. The second-order valence-electron chi connectivity index (χ2n) is 5.93. The van der Waals surface area contributed by atoms with Crippen molar-refractivity contribution in [3.05, 3.63) is 68.0 Å². The highest BCUT2D eigenvalue weighted by molar-refractivity contribution is 9.10. The van der Waals surface area contributed by atoms with Gasteiger partial charge in [0.25, 0.3) is 11.1 Å². The maximum Gasteiger partial charge on any atom is 0.343 e. The molecule has 1 aliphatic rings. The Balaban J connectivity index is 1.74. The highest BCUT2D eigenvalue weighted by Gasteiger charge is 2.36. The summed E-state index contributed by atoms with van der Waals surface area (Å²) in [6.07, 6.45) is 1.51. The number of nitrogens with zero attached hydrogens (tertiary/aromatic N) is 1. The summed E-state index contributed by atoms with van der Waals surface area (Å²) in [5, 5.41) is -0.0442. The van der Waals surface area contributed by atoms with Crippen molar-refractivity contribution < 1.29 is 28.7 Å². The number of hydrogen-bond acceptors (Lipinski definition) is 7. The van der Waals surface area contributed by atoms with Gasteiger partial charge in [0, 0.05) is 5.02 Å². The molecule has 0 aliphatic carbocycles. The molecule has 0 radical (unpaired) electrons. The Morgan fingerprint density at radius 1 is 1.17 bits per heavy atom. The molecule has 0 saturated carbocycles. The lowest BCUT2D eigenvalue weighted by atomic mass is 10.2. The fourth-order valence-electron chi connectivity index (χ4n) is 2.42. The fraction of sp³-hybridized carbons (Fsp3) is 0.100. The van der Waals surface area contributed by atoms with E-state index in [-0.39, 0.29) is 10.7 Å². The van der Waals surface area contributed by atoms with Crippen molar-refractivity contribution in [2.75, 3.05) is 13.7 Å². The van der Waals surface area contributed by atoms with Gasteiger partial charge in [-0.3, -0.25) is 19.3 Å². The summed E-state index contributed by atoms with van der Waals surface area (Å²) >= 11 is 9.87. The number of hydrogen-bond donors (Lipinski definition) is 0. The predicted octanol–water partition coefficient (Wildman–Crippen LogP) is 4.53. The first-order valence-corrected chi connectivity index (χ1v) is 10.4. The molecule has 0 N–H and O–H groups in total. The number of halogens is 2. The standard InChI is InChI=1S/C20H13BrClNO6S/c1-28-17(24)10-23-18(25)16(30-20(23)27)9-11-2-7-15(14(21)8-11)29-19(26)12-3-5-13(22)6-4-12/h2-9H,10H2,1H3/b16-9-. The number of methoxy groups -OCH3 is 1. The van der Waals surface area contributed by atoms with E-state index in [9.17, 15) is 19.2 Å². The maximum absolute atomic E-state index is 12.4. The zero-order valence-electron chi connectivity index (χ0n) is 15.4. The number of benzene rings is 2. The Morgan fingerprint density at radius 3 is 2.50 bits per heavy atom. The Labute approximate surface area is 189 Å². The minimum absolute atomic E-state index is 0.168. The van der Waals surface area contributed by atoms with E-state index in [2.05, 4.69) is 20.7 Å². The van der Waals surface area contributed by atoms with Crippen LogP contribution < -0.4 is 4.74 Å². The molecule has 2 aromatic rings. The van der Waals surface area contributed by atoms with Crippen LogP contribution in [-0.4, -0.2) is 41.6 Å².